The van der Waals surface area contributed by atoms with E-state index in [9.17, 15) is 14.7 Å². The molecule has 148 valence electrons. The predicted octanol–water partition coefficient (Wildman–Crippen LogP) is 3.77. The fourth-order valence-corrected chi connectivity index (χ4v) is 5.03. The first-order chi connectivity index (χ1) is 13.1. The molecule has 1 spiro atoms. The van der Waals surface area contributed by atoms with Crippen LogP contribution < -0.4 is 10.6 Å². The smallest absolute Gasteiger partial charge is 0.321 e. The molecular formula is C21H23ClN2O4. The Morgan fingerprint density at radius 3 is 2.68 bits per heavy atom. The lowest BCUT2D eigenvalue weighted by atomic mass is 9.63. The van der Waals surface area contributed by atoms with E-state index in [0.29, 0.717) is 22.7 Å². The van der Waals surface area contributed by atoms with Crippen LogP contribution in [0.1, 0.15) is 44.2 Å². The van der Waals surface area contributed by atoms with Crippen molar-refractivity contribution in [2.24, 2.45) is 5.41 Å². The molecule has 1 saturated heterocycles. The summed E-state index contributed by atoms with van der Waals surface area (Å²) in [5.74, 6) is -1.81. The third kappa shape index (κ3) is 2.74. The highest BCUT2D eigenvalue weighted by atomic mass is 35.5. The van der Waals surface area contributed by atoms with E-state index in [-0.39, 0.29) is 17.4 Å². The first kappa shape index (κ1) is 19.0. The van der Waals surface area contributed by atoms with E-state index in [2.05, 4.69) is 31.4 Å². The zero-order chi connectivity index (χ0) is 20.3. The van der Waals surface area contributed by atoms with Crippen molar-refractivity contribution >= 4 is 29.2 Å². The number of rotatable bonds is 3. The molecule has 1 fully saturated rings. The summed E-state index contributed by atoms with van der Waals surface area (Å²) in [7, 11) is 0. The van der Waals surface area contributed by atoms with Crippen molar-refractivity contribution in [2.45, 2.75) is 50.6 Å². The van der Waals surface area contributed by atoms with Crippen LogP contribution in [0.15, 0.2) is 41.2 Å². The zero-order valence-electron chi connectivity index (χ0n) is 16.0. The molecule has 4 rings (SSSR count). The number of carbonyl (C=O) groups excluding carboxylic acids is 1. The van der Waals surface area contributed by atoms with Gasteiger partial charge in [0.2, 0.25) is 5.91 Å². The minimum atomic E-state index is -1.07. The monoisotopic (exact) mass is 402 g/mol. The first-order valence-electron chi connectivity index (χ1n) is 9.27. The van der Waals surface area contributed by atoms with Crippen LogP contribution >= 0.6 is 11.6 Å². The molecule has 2 aromatic rings. The third-order valence-corrected chi connectivity index (χ3v) is 6.03. The van der Waals surface area contributed by atoms with Crippen LogP contribution in [0, 0.1) is 5.41 Å². The van der Waals surface area contributed by atoms with E-state index in [1.807, 2.05) is 6.07 Å². The van der Waals surface area contributed by atoms with Crippen molar-refractivity contribution < 1.29 is 19.1 Å². The van der Waals surface area contributed by atoms with Crippen LogP contribution in [0.5, 0.6) is 0 Å². The average molecular weight is 403 g/mol. The molecule has 1 aromatic heterocycles. The van der Waals surface area contributed by atoms with Gasteiger partial charge in [0.25, 0.3) is 0 Å². The normalized spacial score (nSPS) is 29.1. The van der Waals surface area contributed by atoms with Crippen LogP contribution in [0.3, 0.4) is 0 Å². The average Bonchev–Trinajstić information content (AvgIpc) is 3.25. The second-order valence-electron chi connectivity index (χ2n) is 8.85. The Kier molecular flexibility index (Phi) is 4.32. The topological polar surface area (TPSA) is 91.6 Å². The van der Waals surface area contributed by atoms with Gasteiger partial charge in [-0.05, 0) is 41.2 Å². The largest absolute Gasteiger partial charge is 0.480 e. The van der Waals surface area contributed by atoms with Crippen molar-refractivity contribution in [1.29, 1.82) is 0 Å². The Hall–Kier alpha value is -2.31. The number of carboxylic acid groups (broad SMARTS) is 1. The third-order valence-electron chi connectivity index (χ3n) is 5.79. The second kappa shape index (κ2) is 6.36. The fraction of sp³-hybridized carbons (Fsp3) is 0.429. The summed E-state index contributed by atoms with van der Waals surface area (Å²) in [6.45, 7) is 6.25. The van der Waals surface area contributed by atoms with Crippen LogP contribution in [0.4, 0.5) is 5.69 Å². The highest BCUT2D eigenvalue weighted by molar-refractivity contribution is 6.31. The quantitative estimate of drug-likeness (QED) is 0.726. The van der Waals surface area contributed by atoms with E-state index < -0.39 is 23.3 Å². The molecule has 1 amide bonds. The highest BCUT2D eigenvalue weighted by Gasteiger charge is 2.66. The standard InChI is InChI=1S/C21H23ClN2O4/c1-20(2,3)9-15-21(13-5-4-12(22)8-14(13)23-19(21)27)16(11-6-7-28-10-11)17(24-15)18(25)26/h4-8,10,15-17,24H,9H2,1-3H3,(H,23,27)(H,25,26). The number of hydrogen-bond acceptors (Lipinski definition) is 4. The maximum atomic E-state index is 13.5. The Labute approximate surface area is 168 Å². The van der Waals surface area contributed by atoms with Crippen molar-refractivity contribution in [1.82, 2.24) is 5.32 Å². The van der Waals surface area contributed by atoms with Gasteiger partial charge in [0.05, 0.1) is 12.5 Å². The van der Waals surface area contributed by atoms with Crippen molar-refractivity contribution in [3.63, 3.8) is 0 Å². The molecule has 0 radical (unpaired) electrons. The molecule has 0 aliphatic carbocycles. The maximum Gasteiger partial charge on any atom is 0.321 e. The molecule has 4 unspecified atom stereocenters. The minimum absolute atomic E-state index is 0.117. The number of halogens is 1. The number of hydrogen-bond donors (Lipinski definition) is 3. The number of fused-ring (bicyclic) bond motifs is 2. The number of carboxylic acids is 1. The van der Waals surface area contributed by atoms with E-state index >= 15 is 0 Å². The molecule has 3 N–H and O–H groups in total. The van der Waals surface area contributed by atoms with Gasteiger partial charge in [-0.2, -0.15) is 0 Å². The Morgan fingerprint density at radius 1 is 1.32 bits per heavy atom. The number of carbonyl (C=O) groups is 2. The van der Waals surface area contributed by atoms with Gasteiger partial charge in [0.1, 0.15) is 11.5 Å². The molecule has 7 heteroatoms. The van der Waals surface area contributed by atoms with Crippen molar-refractivity contribution in [2.75, 3.05) is 5.32 Å². The molecule has 1 aromatic carbocycles. The lowest BCUT2D eigenvalue weighted by Gasteiger charge is -2.37. The van der Waals surface area contributed by atoms with E-state index in [1.165, 1.54) is 12.5 Å². The van der Waals surface area contributed by atoms with Gasteiger partial charge in [-0.3, -0.25) is 14.9 Å². The summed E-state index contributed by atoms with van der Waals surface area (Å²) in [5, 5.41) is 16.7. The Morgan fingerprint density at radius 2 is 2.07 bits per heavy atom. The number of anilines is 1. The van der Waals surface area contributed by atoms with Gasteiger partial charge in [-0.25, -0.2) is 0 Å². The summed E-state index contributed by atoms with van der Waals surface area (Å²) in [4.78, 5) is 25.7. The number of aliphatic carboxylic acids is 1. The van der Waals surface area contributed by atoms with Gasteiger partial charge in [0, 0.05) is 22.7 Å². The lowest BCUT2D eigenvalue weighted by Crippen LogP contribution is -2.49. The second-order valence-corrected chi connectivity index (χ2v) is 9.28. The zero-order valence-corrected chi connectivity index (χ0v) is 16.7. The summed E-state index contributed by atoms with van der Waals surface area (Å²) in [6.07, 6.45) is 3.67. The predicted molar refractivity (Wildman–Crippen MR) is 106 cm³/mol. The van der Waals surface area contributed by atoms with Gasteiger partial charge < -0.3 is 14.8 Å². The van der Waals surface area contributed by atoms with Crippen LogP contribution in [-0.4, -0.2) is 29.1 Å². The first-order valence-corrected chi connectivity index (χ1v) is 9.65. The maximum absolute atomic E-state index is 13.5. The molecule has 4 atom stereocenters. The molecule has 2 aliphatic rings. The van der Waals surface area contributed by atoms with Gasteiger partial charge in [-0.1, -0.05) is 38.4 Å². The molecule has 2 aliphatic heterocycles. The molecule has 28 heavy (non-hydrogen) atoms. The molecule has 6 nitrogen and oxygen atoms in total. The Balaban J connectivity index is 1.98. The highest BCUT2D eigenvalue weighted by Crippen LogP contribution is 2.56. The minimum Gasteiger partial charge on any atom is -0.480 e. The summed E-state index contributed by atoms with van der Waals surface area (Å²) < 4.78 is 5.26. The SMILES string of the molecule is CC(C)(C)CC1NC(C(=O)O)C(c2ccoc2)C12C(=O)Nc1cc(Cl)ccc12. The number of nitrogens with one attached hydrogen (secondary N) is 2. The molecule has 0 saturated carbocycles. The number of benzene rings is 1. The van der Waals surface area contributed by atoms with Crippen LogP contribution in [-0.2, 0) is 15.0 Å². The van der Waals surface area contributed by atoms with E-state index in [0.717, 1.165) is 5.56 Å². The van der Waals surface area contributed by atoms with Gasteiger partial charge >= 0.3 is 5.97 Å². The number of amides is 1. The lowest BCUT2D eigenvalue weighted by molar-refractivity contribution is -0.139. The summed E-state index contributed by atoms with van der Waals surface area (Å²) >= 11 is 6.15. The van der Waals surface area contributed by atoms with Crippen molar-refractivity contribution in [3.8, 4) is 0 Å². The number of furan rings is 1. The van der Waals surface area contributed by atoms with E-state index in [1.54, 1.807) is 18.2 Å². The fourth-order valence-electron chi connectivity index (χ4n) is 4.86. The van der Waals surface area contributed by atoms with Gasteiger partial charge in [0.15, 0.2) is 0 Å². The van der Waals surface area contributed by atoms with Gasteiger partial charge in [-0.15, -0.1) is 0 Å². The Bertz CT molecular complexity index is 934. The molecular weight excluding hydrogens is 380 g/mol. The summed E-state index contributed by atoms with van der Waals surface area (Å²) in [6, 6.07) is 5.76. The van der Waals surface area contributed by atoms with E-state index in [4.69, 9.17) is 16.0 Å². The van der Waals surface area contributed by atoms with Crippen LogP contribution in [0.2, 0.25) is 5.02 Å². The van der Waals surface area contributed by atoms with Crippen LogP contribution in [0.25, 0.3) is 0 Å². The molecule has 3 heterocycles. The summed E-state index contributed by atoms with van der Waals surface area (Å²) in [5.41, 5.74) is 0.916. The van der Waals surface area contributed by atoms with Crippen molar-refractivity contribution in [3.05, 3.63) is 52.9 Å². The molecule has 0 bridgehead atoms.